The molecule has 0 saturated heterocycles. The smallest absolute Gasteiger partial charge is 0.389 e. The average molecular weight is 275 g/mol. The normalized spacial score (nSPS) is 15.3. The predicted molar refractivity (Wildman–Crippen MR) is 68.9 cm³/mol. The van der Waals surface area contributed by atoms with Crippen molar-refractivity contribution in [1.82, 2.24) is 5.32 Å². The van der Waals surface area contributed by atoms with E-state index in [9.17, 15) is 18.3 Å². The fourth-order valence-electron chi connectivity index (χ4n) is 1.85. The van der Waals surface area contributed by atoms with E-state index in [2.05, 4.69) is 5.32 Å². The first-order valence-corrected chi connectivity index (χ1v) is 6.34. The van der Waals surface area contributed by atoms with Crippen molar-refractivity contribution < 1.29 is 18.3 Å². The number of rotatable bonds is 6. The van der Waals surface area contributed by atoms with E-state index in [1.807, 2.05) is 6.92 Å². The van der Waals surface area contributed by atoms with Crippen LogP contribution in [-0.4, -0.2) is 23.8 Å². The maximum absolute atomic E-state index is 12.4. The quantitative estimate of drug-likeness (QED) is 0.782. The van der Waals surface area contributed by atoms with Crippen LogP contribution in [-0.2, 0) is 12.6 Å². The average Bonchev–Trinajstić information content (AvgIpc) is 2.28. The van der Waals surface area contributed by atoms with Gasteiger partial charge in [-0.1, -0.05) is 19.1 Å². The summed E-state index contributed by atoms with van der Waals surface area (Å²) in [5.41, 5.74) is -0.939. The van der Waals surface area contributed by atoms with Crippen LogP contribution in [0.4, 0.5) is 13.2 Å². The van der Waals surface area contributed by atoms with Gasteiger partial charge >= 0.3 is 6.18 Å². The molecule has 1 atom stereocenters. The molecule has 0 spiro atoms. The highest BCUT2D eigenvalue weighted by Crippen LogP contribution is 2.29. The van der Waals surface area contributed by atoms with Crippen LogP contribution in [0.5, 0.6) is 0 Å². The number of benzene rings is 1. The number of hydrogen-bond acceptors (Lipinski definition) is 2. The Bertz CT molecular complexity index is 385. The second-order valence-electron chi connectivity index (χ2n) is 5.05. The Labute approximate surface area is 111 Å². The molecule has 19 heavy (non-hydrogen) atoms. The molecule has 0 radical (unpaired) electrons. The number of hydrogen-bond donors (Lipinski definition) is 2. The summed E-state index contributed by atoms with van der Waals surface area (Å²) in [7, 11) is 0. The zero-order valence-electron chi connectivity index (χ0n) is 11.2. The second-order valence-corrected chi connectivity index (χ2v) is 5.05. The van der Waals surface area contributed by atoms with Gasteiger partial charge in [0.2, 0.25) is 0 Å². The van der Waals surface area contributed by atoms with Crippen LogP contribution in [0.2, 0.25) is 0 Å². The first-order valence-electron chi connectivity index (χ1n) is 6.34. The lowest BCUT2D eigenvalue weighted by Crippen LogP contribution is -2.40. The predicted octanol–water partition coefficient (Wildman–Crippen LogP) is 3.00. The molecule has 1 rings (SSSR count). The maximum Gasteiger partial charge on any atom is 0.416 e. The summed E-state index contributed by atoms with van der Waals surface area (Å²) >= 11 is 0. The molecule has 2 nitrogen and oxygen atoms in total. The second kappa shape index (κ2) is 6.39. The summed E-state index contributed by atoms with van der Waals surface area (Å²) in [4.78, 5) is 0. The molecule has 0 amide bonds. The lowest BCUT2D eigenvalue weighted by Gasteiger charge is -2.24. The molecule has 1 unspecified atom stereocenters. The third-order valence-corrected chi connectivity index (χ3v) is 2.80. The Kier molecular flexibility index (Phi) is 5.38. The molecular formula is C14H20F3NO. The SMILES string of the molecule is CCCNCC(C)(O)Cc1ccc(C(F)(F)F)cc1. The summed E-state index contributed by atoms with van der Waals surface area (Å²) in [6.07, 6.45) is -3.03. The number of alkyl halides is 3. The minimum atomic E-state index is -4.32. The van der Waals surface area contributed by atoms with Gasteiger partial charge in [-0.2, -0.15) is 13.2 Å². The summed E-state index contributed by atoms with van der Waals surface area (Å²) in [6.45, 7) is 4.93. The first kappa shape index (κ1) is 16.0. The van der Waals surface area contributed by atoms with Crippen LogP contribution in [0.1, 0.15) is 31.4 Å². The molecule has 0 aliphatic rings. The van der Waals surface area contributed by atoms with Gasteiger partial charge in [-0.3, -0.25) is 0 Å². The van der Waals surface area contributed by atoms with Crippen LogP contribution in [0.3, 0.4) is 0 Å². The van der Waals surface area contributed by atoms with Crippen molar-refractivity contribution in [3.05, 3.63) is 35.4 Å². The molecule has 2 N–H and O–H groups in total. The fraction of sp³-hybridized carbons (Fsp3) is 0.571. The minimum Gasteiger partial charge on any atom is -0.389 e. The van der Waals surface area contributed by atoms with Gasteiger partial charge < -0.3 is 10.4 Å². The summed E-state index contributed by atoms with van der Waals surface area (Å²) in [5.74, 6) is 0. The van der Waals surface area contributed by atoms with Crippen molar-refractivity contribution in [1.29, 1.82) is 0 Å². The van der Waals surface area contributed by atoms with Gasteiger partial charge in [0.1, 0.15) is 0 Å². The van der Waals surface area contributed by atoms with Crippen LogP contribution >= 0.6 is 0 Å². The molecule has 1 aromatic carbocycles. The van der Waals surface area contributed by atoms with Gasteiger partial charge in [0.05, 0.1) is 11.2 Å². The highest BCUT2D eigenvalue weighted by Gasteiger charge is 2.30. The van der Waals surface area contributed by atoms with E-state index in [1.54, 1.807) is 6.92 Å². The summed E-state index contributed by atoms with van der Waals surface area (Å²) < 4.78 is 37.2. The van der Waals surface area contributed by atoms with Gasteiger partial charge in [0.25, 0.3) is 0 Å². The molecule has 0 aromatic heterocycles. The van der Waals surface area contributed by atoms with E-state index in [0.717, 1.165) is 25.1 Å². The maximum atomic E-state index is 12.4. The van der Waals surface area contributed by atoms with Crippen molar-refractivity contribution in [2.45, 2.75) is 38.5 Å². The van der Waals surface area contributed by atoms with Crippen molar-refractivity contribution in [3.63, 3.8) is 0 Å². The van der Waals surface area contributed by atoms with E-state index in [4.69, 9.17) is 0 Å². The molecule has 0 bridgehead atoms. The van der Waals surface area contributed by atoms with Crippen molar-refractivity contribution >= 4 is 0 Å². The van der Waals surface area contributed by atoms with Crippen molar-refractivity contribution in [2.75, 3.05) is 13.1 Å². The van der Waals surface area contributed by atoms with Gasteiger partial charge in [0, 0.05) is 13.0 Å². The zero-order chi connectivity index (χ0) is 14.5. The largest absolute Gasteiger partial charge is 0.416 e. The molecule has 0 saturated carbocycles. The standard InChI is InChI=1S/C14H20F3NO/c1-3-8-18-10-13(2,19)9-11-4-6-12(7-5-11)14(15,16)17/h4-7,18-19H,3,8-10H2,1-2H3. The fourth-order valence-corrected chi connectivity index (χ4v) is 1.85. The Morgan fingerprint density at radius 3 is 2.21 bits per heavy atom. The molecule has 108 valence electrons. The Balaban J connectivity index is 2.62. The summed E-state index contributed by atoms with van der Waals surface area (Å²) in [6, 6.07) is 4.92. The van der Waals surface area contributed by atoms with Gasteiger partial charge in [-0.15, -0.1) is 0 Å². The molecular weight excluding hydrogens is 255 g/mol. The van der Waals surface area contributed by atoms with Gasteiger partial charge in [-0.05, 0) is 37.6 Å². The lowest BCUT2D eigenvalue weighted by molar-refractivity contribution is -0.137. The molecule has 1 aromatic rings. The van der Waals surface area contributed by atoms with Crippen molar-refractivity contribution in [3.8, 4) is 0 Å². The zero-order valence-corrected chi connectivity index (χ0v) is 11.2. The van der Waals surface area contributed by atoms with Crippen LogP contribution in [0.25, 0.3) is 0 Å². The lowest BCUT2D eigenvalue weighted by atomic mass is 9.95. The Hall–Kier alpha value is -1.07. The third-order valence-electron chi connectivity index (χ3n) is 2.80. The molecule has 0 fully saturated rings. The highest BCUT2D eigenvalue weighted by atomic mass is 19.4. The monoisotopic (exact) mass is 275 g/mol. The van der Waals surface area contributed by atoms with E-state index in [-0.39, 0.29) is 0 Å². The number of halogens is 3. The summed E-state index contributed by atoms with van der Waals surface area (Å²) in [5, 5.41) is 13.2. The van der Waals surface area contributed by atoms with Crippen molar-refractivity contribution in [2.24, 2.45) is 0 Å². The third kappa shape index (κ3) is 5.61. The highest BCUT2D eigenvalue weighted by molar-refractivity contribution is 5.25. The topological polar surface area (TPSA) is 32.3 Å². The minimum absolute atomic E-state index is 0.321. The van der Waals surface area contributed by atoms with Crippen LogP contribution in [0.15, 0.2) is 24.3 Å². The Morgan fingerprint density at radius 1 is 1.16 bits per heavy atom. The number of nitrogens with one attached hydrogen (secondary N) is 1. The van der Waals surface area contributed by atoms with E-state index in [1.165, 1.54) is 12.1 Å². The first-order chi connectivity index (χ1) is 8.74. The van der Waals surface area contributed by atoms with Crippen LogP contribution < -0.4 is 5.32 Å². The van der Waals surface area contributed by atoms with Gasteiger partial charge in [-0.25, -0.2) is 0 Å². The molecule has 0 aliphatic carbocycles. The molecule has 0 aliphatic heterocycles. The molecule has 5 heteroatoms. The van der Waals surface area contributed by atoms with E-state index >= 15 is 0 Å². The van der Waals surface area contributed by atoms with Gasteiger partial charge in [0.15, 0.2) is 0 Å². The van der Waals surface area contributed by atoms with E-state index < -0.39 is 17.3 Å². The number of aliphatic hydroxyl groups is 1. The Morgan fingerprint density at radius 2 is 1.74 bits per heavy atom. The van der Waals surface area contributed by atoms with Crippen LogP contribution in [0, 0.1) is 0 Å². The van der Waals surface area contributed by atoms with E-state index in [0.29, 0.717) is 18.5 Å². The molecule has 0 heterocycles.